The normalized spacial score (nSPS) is 19.5. The predicted molar refractivity (Wildman–Crippen MR) is 53.9 cm³/mol. The summed E-state index contributed by atoms with van der Waals surface area (Å²) in [5, 5.41) is 19.1. The maximum Gasteiger partial charge on any atom is 0.323 e. The largest absolute Gasteiger partial charge is 0.323 e. The Morgan fingerprint density at radius 2 is 2.24 bits per heavy atom. The number of hydrogen-bond donors (Lipinski definition) is 4. The third kappa shape index (κ3) is 2.73. The number of rotatable bonds is 5. The van der Waals surface area contributed by atoms with Crippen LogP contribution in [-0.2, 0) is 11.2 Å². The van der Waals surface area contributed by atoms with Gasteiger partial charge in [-0.25, -0.2) is 9.80 Å². The van der Waals surface area contributed by atoms with Crippen molar-refractivity contribution in [2.24, 2.45) is 5.84 Å². The van der Waals surface area contributed by atoms with E-state index in [9.17, 15) is 9.59 Å². The van der Waals surface area contributed by atoms with Crippen molar-refractivity contribution in [1.82, 2.24) is 36.3 Å². The Hall–Kier alpha value is -2.07. The molecule has 1 aliphatic rings. The van der Waals surface area contributed by atoms with E-state index in [0.29, 0.717) is 25.2 Å². The second-order valence-electron chi connectivity index (χ2n) is 3.53. The number of carbonyl (C=O) groups is 2. The molecule has 1 aromatic rings. The Morgan fingerprint density at radius 1 is 1.41 bits per heavy atom. The molecule has 1 atom stereocenters. The van der Waals surface area contributed by atoms with Crippen molar-refractivity contribution in [1.29, 1.82) is 0 Å². The highest BCUT2D eigenvalue weighted by molar-refractivity contribution is 6.03. The van der Waals surface area contributed by atoms with Gasteiger partial charge in [0, 0.05) is 13.0 Å². The van der Waals surface area contributed by atoms with Crippen molar-refractivity contribution in [2.45, 2.75) is 19.0 Å². The molecule has 2 rings (SSSR count). The third-order valence-electron chi connectivity index (χ3n) is 2.29. The van der Waals surface area contributed by atoms with E-state index in [1.54, 1.807) is 0 Å². The summed E-state index contributed by atoms with van der Waals surface area (Å²) >= 11 is 0. The number of tetrazole rings is 1. The molecule has 1 saturated heterocycles. The molecule has 92 valence electrons. The number of urea groups is 1. The molecule has 10 nitrogen and oxygen atoms in total. The highest BCUT2D eigenvalue weighted by atomic mass is 16.2. The molecule has 0 radical (unpaired) electrons. The molecular weight excluding hydrogens is 228 g/mol. The molecule has 0 saturated carbocycles. The zero-order valence-electron chi connectivity index (χ0n) is 8.88. The Morgan fingerprint density at radius 3 is 2.82 bits per heavy atom. The fraction of sp³-hybridized carbons (Fsp3) is 0.571. The van der Waals surface area contributed by atoms with Crippen LogP contribution in [0.25, 0.3) is 0 Å². The molecule has 1 aromatic heterocycles. The molecule has 0 aliphatic carbocycles. The summed E-state index contributed by atoms with van der Waals surface area (Å²) in [6.07, 6.45) is 0.426. The van der Waals surface area contributed by atoms with Gasteiger partial charge < -0.3 is 5.32 Å². The standard InChI is InChI=1S/C7H12N8O2/c8-15(5-6(16)10-7(17)9-5)3-1-2-4-11-13-14-12-4/h5H,1-3,8H2,(H2,9,10,16,17)(H,11,12,13,14). The van der Waals surface area contributed by atoms with Crippen LogP contribution < -0.4 is 16.5 Å². The second-order valence-corrected chi connectivity index (χ2v) is 3.53. The van der Waals surface area contributed by atoms with Gasteiger partial charge in [0.15, 0.2) is 12.0 Å². The fourth-order valence-electron chi connectivity index (χ4n) is 1.48. The van der Waals surface area contributed by atoms with Gasteiger partial charge in [0.25, 0.3) is 5.91 Å². The van der Waals surface area contributed by atoms with E-state index in [1.165, 1.54) is 5.01 Å². The van der Waals surface area contributed by atoms with Crippen molar-refractivity contribution >= 4 is 11.9 Å². The predicted octanol–water partition coefficient (Wildman–Crippen LogP) is -2.53. The molecule has 3 amide bonds. The van der Waals surface area contributed by atoms with Crippen molar-refractivity contribution in [3.05, 3.63) is 5.82 Å². The number of imide groups is 1. The Bertz CT molecular complexity index is 404. The Labute approximate surface area is 95.9 Å². The number of nitrogens with two attached hydrogens (primary N) is 1. The summed E-state index contributed by atoms with van der Waals surface area (Å²) < 4.78 is 0. The maximum absolute atomic E-state index is 11.3. The van der Waals surface area contributed by atoms with Gasteiger partial charge in [-0.2, -0.15) is 5.21 Å². The third-order valence-corrected chi connectivity index (χ3v) is 2.29. The van der Waals surface area contributed by atoms with Crippen LogP contribution in [0.4, 0.5) is 4.79 Å². The smallest absolute Gasteiger partial charge is 0.313 e. The maximum atomic E-state index is 11.3. The summed E-state index contributed by atoms with van der Waals surface area (Å²) in [6.45, 7) is 0.424. The van der Waals surface area contributed by atoms with E-state index in [-0.39, 0.29) is 0 Å². The lowest BCUT2D eigenvalue weighted by molar-refractivity contribution is -0.124. The van der Waals surface area contributed by atoms with Crippen molar-refractivity contribution < 1.29 is 9.59 Å². The molecule has 0 bridgehead atoms. The highest BCUT2D eigenvalue weighted by Gasteiger charge is 2.32. The SMILES string of the molecule is NN(CCCc1nn[nH]n1)C1NC(=O)NC1=O. The van der Waals surface area contributed by atoms with E-state index in [2.05, 4.69) is 31.3 Å². The molecule has 0 spiro atoms. The summed E-state index contributed by atoms with van der Waals surface area (Å²) in [5.74, 6) is 5.80. The fourth-order valence-corrected chi connectivity index (χ4v) is 1.48. The molecule has 17 heavy (non-hydrogen) atoms. The average Bonchev–Trinajstić information content (AvgIpc) is 2.88. The summed E-state index contributed by atoms with van der Waals surface area (Å²) in [5.41, 5.74) is 0. The van der Waals surface area contributed by atoms with Crippen LogP contribution in [0.15, 0.2) is 0 Å². The molecule has 5 N–H and O–H groups in total. The van der Waals surface area contributed by atoms with Gasteiger partial charge >= 0.3 is 6.03 Å². The van der Waals surface area contributed by atoms with Crippen LogP contribution >= 0.6 is 0 Å². The van der Waals surface area contributed by atoms with E-state index < -0.39 is 18.1 Å². The van der Waals surface area contributed by atoms with Gasteiger partial charge in [0.1, 0.15) is 0 Å². The minimum atomic E-state index is -0.812. The van der Waals surface area contributed by atoms with Gasteiger partial charge in [-0.3, -0.25) is 16.0 Å². The van der Waals surface area contributed by atoms with Gasteiger partial charge in [0.05, 0.1) is 0 Å². The topological polar surface area (TPSA) is 142 Å². The van der Waals surface area contributed by atoms with Crippen LogP contribution in [0.3, 0.4) is 0 Å². The minimum Gasteiger partial charge on any atom is -0.313 e. The monoisotopic (exact) mass is 240 g/mol. The summed E-state index contributed by atoms with van der Waals surface area (Å²) in [6, 6.07) is -0.534. The number of H-pyrrole nitrogens is 1. The van der Waals surface area contributed by atoms with Gasteiger partial charge in [-0.15, -0.1) is 10.2 Å². The molecule has 1 aliphatic heterocycles. The van der Waals surface area contributed by atoms with Crippen molar-refractivity contribution in [2.75, 3.05) is 6.54 Å². The number of amides is 3. The van der Waals surface area contributed by atoms with E-state index in [0.717, 1.165) is 0 Å². The van der Waals surface area contributed by atoms with Crippen molar-refractivity contribution in [3.8, 4) is 0 Å². The number of aryl methyl sites for hydroxylation is 1. The van der Waals surface area contributed by atoms with Gasteiger partial charge in [-0.1, -0.05) is 5.21 Å². The molecule has 1 fully saturated rings. The van der Waals surface area contributed by atoms with Crippen LogP contribution in [0, 0.1) is 0 Å². The first-order chi connectivity index (χ1) is 8.16. The highest BCUT2D eigenvalue weighted by Crippen LogP contribution is 2.00. The molecular formula is C7H12N8O2. The van der Waals surface area contributed by atoms with Crippen molar-refractivity contribution in [3.63, 3.8) is 0 Å². The number of nitrogens with zero attached hydrogens (tertiary/aromatic N) is 4. The molecule has 1 unspecified atom stereocenters. The van der Waals surface area contributed by atoms with Gasteiger partial charge in [0.2, 0.25) is 0 Å². The first-order valence-corrected chi connectivity index (χ1v) is 5.02. The number of aromatic amines is 1. The summed E-state index contributed by atoms with van der Waals surface area (Å²) in [4.78, 5) is 22.1. The molecule has 10 heteroatoms. The average molecular weight is 240 g/mol. The van der Waals surface area contributed by atoms with E-state index in [4.69, 9.17) is 5.84 Å². The van der Waals surface area contributed by atoms with Crippen LogP contribution in [0.5, 0.6) is 0 Å². The number of aromatic nitrogens is 4. The zero-order valence-corrected chi connectivity index (χ0v) is 8.88. The quantitative estimate of drug-likeness (QED) is 0.252. The van der Waals surface area contributed by atoms with Crippen LogP contribution in [0.2, 0.25) is 0 Å². The van der Waals surface area contributed by atoms with Gasteiger partial charge in [-0.05, 0) is 6.42 Å². The number of nitrogens with one attached hydrogen (secondary N) is 3. The molecule has 2 heterocycles. The number of hydrogen-bond acceptors (Lipinski definition) is 7. The van der Waals surface area contributed by atoms with Crippen LogP contribution in [0.1, 0.15) is 12.2 Å². The van der Waals surface area contributed by atoms with E-state index in [1.807, 2.05) is 0 Å². The first-order valence-electron chi connectivity index (χ1n) is 5.02. The Balaban J connectivity index is 1.75. The minimum absolute atomic E-state index is 0.424. The number of carbonyl (C=O) groups excluding carboxylic acids is 2. The first kappa shape index (κ1) is 11.4. The van der Waals surface area contributed by atoms with E-state index >= 15 is 0 Å². The molecule has 0 aromatic carbocycles. The lowest BCUT2D eigenvalue weighted by Crippen LogP contribution is -2.51. The second kappa shape index (κ2) is 4.84. The zero-order chi connectivity index (χ0) is 12.3. The lowest BCUT2D eigenvalue weighted by Gasteiger charge is -2.20. The number of hydrazine groups is 1. The van der Waals surface area contributed by atoms with Crippen LogP contribution in [-0.4, -0.2) is 50.3 Å². The lowest BCUT2D eigenvalue weighted by atomic mass is 10.3. The Kier molecular flexibility index (Phi) is 3.25. The summed E-state index contributed by atoms with van der Waals surface area (Å²) in [7, 11) is 0.